The lowest BCUT2D eigenvalue weighted by molar-refractivity contribution is 0.760. The molecule has 1 fully saturated rings. The van der Waals surface area contributed by atoms with Gasteiger partial charge in [-0.3, -0.25) is 0 Å². The van der Waals surface area contributed by atoms with Crippen LogP contribution in [0, 0.1) is 6.92 Å². The third-order valence-corrected chi connectivity index (χ3v) is 4.47. The molecule has 17 heavy (non-hydrogen) atoms. The topological polar surface area (TPSA) is 63.8 Å². The fourth-order valence-electron chi connectivity index (χ4n) is 2.28. The average Bonchev–Trinajstić information content (AvgIpc) is 2.72. The Labute approximate surface area is 107 Å². The molecule has 1 aromatic rings. The van der Waals surface area contributed by atoms with Crippen LogP contribution in [0.15, 0.2) is 6.20 Å². The van der Waals surface area contributed by atoms with Crippen molar-refractivity contribution in [3.63, 3.8) is 0 Å². The second kappa shape index (κ2) is 5.58. The maximum absolute atomic E-state index is 5.63. The van der Waals surface area contributed by atoms with Gasteiger partial charge in [-0.15, -0.1) is 0 Å². The highest BCUT2D eigenvalue weighted by Gasteiger charge is 2.27. The molecule has 0 aromatic carbocycles. The highest BCUT2D eigenvalue weighted by Crippen LogP contribution is 2.32. The van der Waals surface area contributed by atoms with Crippen molar-refractivity contribution < 1.29 is 0 Å². The Kier molecular flexibility index (Phi) is 4.10. The Morgan fingerprint density at radius 3 is 3.12 bits per heavy atom. The number of nitrogen functional groups attached to an aromatic ring is 1. The SMILES string of the molecule is CCSC1CCCC1Nc1nc(N)ncc1C. The first-order valence-corrected chi connectivity index (χ1v) is 7.23. The minimum atomic E-state index is 0.343. The molecule has 0 aliphatic heterocycles. The lowest BCUT2D eigenvalue weighted by Crippen LogP contribution is -2.27. The second-order valence-corrected chi connectivity index (χ2v) is 5.95. The van der Waals surface area contributed by atoms with Gasteiger partial charge in [0.25, 0.3) is 0 Å². The number of nitrogens with two attached hydrogens (primary N) is 1. The van der Waals surface area contributed by atoms with Crippen LogP contribution in [0.25, 0.3) is 0 Å². The summed E-state index contributed by atoms with van der Waals surface area (Å²) in [5, 5.41) is 4.24. The Morgan fingerprint density at radius 1 is 1.53 bits per heavy atom. The van der Waals surface area contributed by atoms with Crippen LogP contribution < -0.4 is 11.1 Å². The van der Waals surface area contributed by atoms with Crippen LogP contribution in [-0.4, -0.2) is 27.0 Å². The van der Waals surface area contributed by atoms with Crippen molar-refractivity contribution in [2.75, 3.05) is 16.8 Å². The number of nitrogens with zero attached hydrogens (tertiary/aromatic N) is 2. The molecule has 1 heterocycles. The van der Waals surface area contributed by atoms with E-state index in [2.05, 4.69) is 22.2 Å². The molecule has 5 heteroatoms. The predicted molar refractivity (Wildman–Crippen MR) is 74.4 cm³/mol. The number of hydrogen-bond donors (Lipinski definition) is 2. The van der Waals surface area contributed by atoms with E-state index in [0.717, 1.165) is 11.4 Å². The molecule has 0 spiro atoms. The fourth-order valence-corrected chi connectivity index (χ4v) is 3.48. The zero-order valence-corrected chi connectivity index (χ0v) is 11.3. The van der Waals surface area contributed by atoms with Gasteiger partial charge in [0.05, 0.1) is 0 Å². The van der Waals surface area contributed by atoms with Crippen LogP contribution in [0.1, 0.15) is 31.7 Å². The van der Waals surface area contributed by atoms with Gasteiger partial charge in [0.2, 0.25) is 5.95 Å². The van der Waals surface area contributed by atoms with Crippen LogP contribution in [0.4, 0.5) is 11.8 Å². The van der Waals surface area contributed by atoms with Crippen molar-refractivity contribution >= 4 is 23.5 Å². The molecule has 1 aromatic heterocycles. The normalized spacial score (nSPS) is 23.9. The number of thioether (sulfide) groups is 1. The van der Waals surface area contributed by atoms with Crippen molar-refractivity contribution in [3.05, 3.63) is 11.8 Å². The molecule has 2 rings (SSSR count). The second-order valence-electron chi connectivity index (χ2n) is 4.44. The van der Waals surface area contributed by atoms with Crippen LogP contribution in [0.5, 0.6) is 0 Å². The minimum absolute atomic E-state index is 0.343. The number of anilines is 2. The summed E-state index contributed by atoms with van der Waals surface area (Å²) in [6.45, 7) is 4.23. The third kappa shape index (κ3) is 3.03. The summed E-state index contributed by atoms with van der Waals surface area (Å²) in [6.07, 6.45) is 5.60. The molecule has 2 atom stereocenters. The summed E-state index contributed by atoms with van der Waals surface area (Å²) in [4.78, 5) is 8.27. The van der Waals surface area contributed by atoms with Gasteiger partial charge in [0, 0.05) is 23.1 Å². The molecule has 4 nitrogen and oxygen atoms in total. The zero-order valence-electron chi connectivity index (χ0n) is 10.4. The van der Waals surface area contributed by atoms with E-state index < -0.39 is 0 Å². The molecule has 1 aliphatic rings. The van der Waals surface area contributed by atoms with Gasteiger partial charge < -0.3 is 11.1 Å². The van der Waals surface area contributed by atoms with E-state index in [4.69, 9.17) is 5.73 Å². The highest BCUT2D eigenvalue weighted by molar-refractivity contribution is 7.99. The van der Waals surface area contributed by atoms with Gasteiger partial charge in [0.15, 0.2) is 0 Å². The molecule has 0 bridgehead atoms. The first-order valence-electron chi connectivity index (χ1n) is 6.18. The minimum Gasteiger partial charge on any atom is -0.368 e. The van der Waals surface area contributed by atoms with E-state index in [9.17, 15) is 0 Å². The summed E-state index contributed by atoms with van der Waals surface area (Å²) in [5.74, 6) is 2.41. The van der Waals surface area contributed by atoms with Crippen LogP contribution >= 0.6 is 11.8 Å². The van der Waals surface area contributed by atoms with Crippen LogP contribution in [0.2, 0.25) is 0 Å². The van der Waals surface area contributed by atoms with E-state index >= 15 is 0 Å². The summed E-state index contributed by atoms with van der Waals surface area (Å²) in [6, 6.07) is 0.521. The molecule has 0 amide bonds. The molecular formula is C12H20N4S. The van der Waals surface area contributed by atoms with Crippen LogP contribution in [0.3, 0.4) is 0 Å². The van der Waals surface area contributed by atoms with Crippen molar-refractivity contribution in [2.24, 2.45) is 0 Å². The molecule has 0 radical (unpaired) electrons. The van der Waals surface area contributed by atoms with E-state index in [1.165, 1.54) is 25.0 Å². The van der Waals surface area contributed by atoms with Gasteiger partial charge >= 0.3 is 0 Å². The van der Waals surface area contributed by atoms with Crippen molar-refractivity contribution in [1.29, 1.82) is 0 Å². The van der Waals surface area contributed by atoms with Gasteiger partial charge in [-0.2, -0.15) is 16.7 Å². The summed E-state index contributed by atoms with van der Waals surface area (Å²) < 4.78 is 0. The summed E-state index contributed by atoms with van der Waals surface area (Å²) in [5.41, 5.74) is 6.69. The monoisotopic (exact) mass is 252 g/mol. The Balaban J connectivity index is 2.06. The van der Waals surface area contributed by atoms with E-state index in [1.54, 1.807) is 6.20 Å². The molecule has 3 N–H and O–H groups in total. The maximum atomic E-state index is 5.63. The Morgan fingerprint density at radius 2 is 2.35 bits per heavy atom. The number of nitrogens with one attached hydrogen (secondary N) is 1. The molecule has 1 aliphatic carbocycles. The van der Waals surface area contributed by atoms with Gasteiger partial charge in [-0.05, 0) is 25.5 Å². The molecular weight excluding hydrogens is 232 g/mol. The molecule has 1 saturated carbocycles. The lowest BCUT2D eigenvalue weighted by atomic mass is 10.2. The largest absolute Gasteiger partial charge is 0.368 e. The van der Waals surface area contributed by atoms with Gasteiger partial charge in [0.1, 0.15) is 5.82 Å². The smallest absolute Gasteiger partial charge is 0.221 e. The van der Waals surface area contributed by atoms with Crippen molar-refractivity contribution in [1.82, 2.24) is 9.97 Å². The van der Waals surface area contributed by atoms with Crippen molar-refractivity contribution in [2.45, 2.75) is 44.4 Å². The third-order valence-electron chi connectivity index (χ3n) is 3.15. The fraction of sp³-hybridized carbons (Fsp3) is 0.667. The number of rotatable bonds is 4. The Hall–Kier alpha value is -0.970. The summed E-state index contributed by atoms with van der Waals surface area (Å²) in [7, 11) is 0. The number of aryl methyl sites for hydroxylation is 1. The molecule has 0 saturated heterocycles. The van der Waals surface area contributed by atoms with E-state index in [-0.39, 0.29) is 0 Å². The highest BCUT2D eigenvalue weighted by atomic mass is 32.2. The first kappa shape index (κ1) is 12.5. The van der Waals surface area contributed by atoms with Gasteiger partial charge in [-0.1, -0.05) is 13.3 Å². The lowest BCUT2D eigenvalue weighted by Gasteiger charge is -2.21. The van der Waals surface area contributed by atoms with E-state index in [1.807, 2.05) is 18.7 Å². The summed E-state index contributed by atoms with van der Waals surface area (Å²) >= 11 is 2.04. The number of hydrogen-bond acceptors (Lipinski definition) is 5. The zero-order chi connectivity index (χ0) is 12.3. The first-order chi connectivity index (χ1) is 8.20. The Bertz CT molecular complexity index is 383. The maximum Gasteiger partial charge on any atom is 0.221 e. The molecule has 94 valence electrons. The average molecular weight is 252 g/mol. The van der Waals surface area contributed by atoms with Gasteiger partial charge in [-0.25, -0.2) is 4.98 Å². The quantitative estimate of drug-likeness (QED) is 0.861. The number of aromatic nitrogens is 2. The molecule has 2 unspecified atom stereocenters. The standard InChI is InChI=1S/C12H20N4S/c1-3-17-10-6-4-5-9(10)15-11-8(2)7-14-12(13)16-11/h7,9-10H,3-6H2,1-2H3,(H3,13,14,15,16). The van der Waals surface area contributed by atoms with E-state index in [0.29, 0.717) is 17.2 Å². The van der Waals surface area contributed by atoms with Crippen LogP contribution in [-0.2, 0) is 0 Å². The van der Waals surface area contributed by atoms with Crippen molar-refractivity contribution in [3.8, 4) is 0 Å². The predicted octanol–water partition coefficient (Wildman–Crippen LogP) is 2.45.